The number of piperidine rings is 1. The Balaban J connectivity index is 1.19. The van der Waals surface area contributed by atoms with Crippen LogP contribution < -0.4 is 15.5 Å². The third kappa shape index (κ3) is 3.88. The fourth-order valence-electron chi connectivity index (χ4n) is 4.78. The van der Waals surface area contributed by atoms with Crippen LogP contribution in [0.4, 0.5) is 11.8 Å². The number of hydrogen-bond donors (Lipinski definition) is 2. The van der Waals surface area contributed by atoms with Crippen LogP contribution in [0.5, 0.6) is 0 Å². The van der Waals surface area contributed by atoms with E-state index >= 15 is 0 Å². The van der Waals surface area contributed by atoms with Gasteiger partial charge in [-0.25, -0.2) is 15.0 Å². The molecular formula is C25H26N8O. The predicted molar refractivity (Wildman–Crippen MR) is 131 cm³/mol. The molecule has 1 spiro atoms. The van der Waals surface area contributed by atoms with Crippen LogP contribution in [0, 0.1) is 5.41 Å². The van der Waals surface area contributed by atoms with Gasteiger partial charge in [-0.1, -0.05) is 12.1 Å². The quantitative estimate of drug-likeness (QED) is 0.489. The molecule has 3 aromatic heterocycles. The number of rotatable bonds is 4. The second-order valence-corrected chi connectivity index (χ2v) is 9.32. The molecule has 0 radical (unpaired) electrons. The minimum absolute atomic E-state index is 0.247. The Morgan fingerprint density at radius 1 is 1.06 bits per heavy atom. The molecule has 2 fully saturated rings. The van der Waals surface area contributed by atoms with Crippen molar-refractivity contribution in [1.29, 1.82) is 0 Å². The summed E-state index contributed by atoms with van der Waals surface area (Å²) in [6, 6.07) is 9.55. The lowest BCUT2D eigenvalue weighted by Gasteiger charge is -2.48. The first-order valence-corrected chi connectivity index (χ1v) is 11.6. The fraction of sp³-hybridized carbons (Fsp3) is 0.320. The summed E-state index contributed by atoms with van der Waals surface area (Å²) in [6.07, 6.45) is 9.51. The van der Waals surface area contributed by atoms with Crippen LogP contribution in [-0.4, -0.2) is 56.8 Å². The molecule has 2 saturated heterocycles. The molecule has 1 amide bonds. The average Bonchev–Trinajstić information content (AvgIpc) is 3.29. The summed E-state index contributed by atoms with van der Waals surface area (Å²) < 4.78 is 1.76. The van der Waals surface area contributed by atoms with Crippen molar-refractivity contribution >= 4 is 28.6 Å². The first-order chi connectivity index (χ1) is 16.6. The van der Waals surface area contributed by atoms with Gasteiger partial charge in [-0.05, 0) is 42.0 Å². The molecular weight excluding hydrogens is 428 g/mol. The third-order valence-corrected chi connectivity index (χ3v) is 7.00. The van der Waals surface area contributed by atoms with Crippen LogP contribution in [0.25, 0.3) is 22.0 Å². The third-order valence-electron chi connectivity index (χ3n) is 7.00. The SMILES string of the molecule is Cn1cc(-c2ccc3cnc(NC(=O)c4ccnc(N5CCC6(CC5)CNC6)c4)nc3c2)cn1. The molecule has 0 atom stereocenters. The number of nitrogens with zero attached hydrogens (tertiary/aromatic N) is 6. The van der Waals surface area contributed by atoms with E-state index in [0.717, 1.165) is 66.9 Å². The highest BCUT2D eigenvalue weighted by Crippen LogP contribution is 2.36. The molecule has 2 aliphatic heterocycles. The lowest BCUT2D eigenvalue weighted by Crippen LogP contribution is -2.58. The number of benzene rings is 1. The average molecular weight is 455 g/mol. The van der Waals surface area contributed by atoms with Crippen molar-refractivity contribution in [2.24, 2.45) is 12.5 Å². The maximum Gasteiger partial charge on any atom is 0.258 e. The topological polar surface area (TPSA) is 101 Å². The van der Waals surface area contributed by atoms with Gasteiger partial charge in [0.25, 0.3) is 5.91 Å². The Morgan fingerprint density at radius 2 is 1.91 bits per heavy atom. The number of pyridine rings is 1. The normalized spacial score (nSPS) is 17.0. The van der Waals surface area contributed by atoms with Crippen molar-refractivity contribution in [3.63, 3.8) is 0 Å². The lowest BCUT2D eigenvalue weighted by atomic mass is 9.73. The van der Waals surface area contributed by atoms with Crippen LogP contribution in [0.2, 0.25) is 0 Å². The van der Waals surface area contributed by atoms with E-state index in [4.69, 9.17) is 0 Å². The van der Waals surface area contributed by atoms with Gasteiger partial charge in [0.05, 0.1) is 11.7 Å². The molecule has 9 heteroatoms. The number of aromatic nitrogens is 5. The number of anilines is 2. The number of carbonyl (C=O) groups is 1. The summed E-state index contributed by atoms with van der Waals surface area (Å²) in [4.78, 5) is 28.7. The zero-order valence-electron chi connectivity index (χ0n) is 19.0. The number of nitrogens with one attached hydrogen (secondary N) is 2. The van der Waals surface area contributed by atoms with Gasteiger partial charge in [0.2, 0.25) is 5.95 Å². The summed E-state index contributed by atoms with van der Waals surface area (Å²) in [5.41, 5.74) is 3.79. The fourth-order valence-corrected chi connectivity index (χ4v) is 4.78. The summed E-state index contributed by atoms with van der Waals surface area (Å²) >= 11 is 0. The maximum atomic E-state index is 13.0. The Labute approximate surface area is 197 Å². The number of amides is 1. The van der Waals surface area contributed by atoms with E-state index in [0.29, 0.717) is 11.0 Å². The first-order valence-electron chi connectivity index (χ1n) is 11.6. The molecule has 9 nitrogen and oxygen atoms in total. The van der Waals surface area contributed by atoms with E-state index in [2.05, 4.69) is 35.6 Å². The number of aryl methyl sites for hydroxylation is 1. The van der Waals surface area contributed by atoms with E-state index in [9.17, 15) is 4.79 Å². The monoisotopic (exact) mass is 454 g/mol. The zero-order chi connectivity index (χ0) is 23.1. The molecule has 172 valence electrons. The molecule has 4 aromatic rings. The Bertz CT molecular complexity index is 1370. The van der Waals surface area contributed by atoms with Gasteiger partial charge in [-0.3, -0.25) is 14.8 Å². The Morgan fingerprint density at radius 3 is 2.65 bits per heavy atom. The summed E-state index contributed by atoms with van der Waals surface area (Å²) in [5, 5.41) is 11.4. The zero-order valence-corrected chi connectivity index (χ0v) is 19.0. The van der Waals surface area contributed by atoms with Gasteiger partial charge >= 0.3 is 0 Å². The summed E-state index contributed by atoms with van der Waals surface area (Å²) in [5.74, 6) is 0.870. The Kier molecular flexibility index (Phi) is 4.99. The van der Waals surface area contributed by atoms with Gasteiger partial charge < -0.3 is 10.2 Å². The van der Waals surface area contributed by atoms with Crippen LogP contribution in [-0.2, 0) is 7.05 Å². The molecule has 34 heavy (non-hydrogen) atoms. The predicted octanol–water partition coefficient (Wildman–Crippen LogP) is 2.87. The van der Waals surface area contributed by atoms with Crippen molar-refractivity contribution < 1.29 is 4.79 Å². The summed E-state index contributed by atoms with van der Waals surface area (Å²) in [6.45, 7) is 4.16. The van der Waals surface area contributed by atoms with Crippen molar-refractivity contribution in [1.82, 2.24) is 30.0 Å². The highest BCUT2D eigenvalue weighted by molar-refractivity contribution is 6.04. The van der Waals surface area contributed by atoms with Crippen LogP contribution in [0.15, 0.2) is 55.1 Å². The molecule has 0 unspecified atom stereocenters. The molecule has 0 saturated carbocycles. The highest BCUT2D eigenvalue weighted by atomic mass is 16.1. The van der Waals surface area contributed by atoms with Gasteiger partial charge in [0, 0.05) is 68.3 Å². The van der Waals surface area contributed by atoms with E-state index < -0.39 is 0 Å². The van der Waals surface area contributed by atoms with E-state index in [1.807, 2.05) is 43.7 Å². The van der Waals surface area contributed by atoms with Crippen LogP contribution in [0.3, 0.4) is 0 Å². The smallest absolute Gasteiger partial charge is 0.258 e. The maximum absolute atomic E-state index is 13.0. The minimum Gasteiger partial charge on any atom is -0.357 e. The van der Waals surface area contributed by atoms with Gasteiger partial charge in [-0.15, -0.1) is 0 Å². The van der Waals surface area contributed by atoms with Crippen molar-refractivity contribution in [2.45, 2.75) is 12.8 Å². The standard InChI is InChI=1S/C25H26N8O/c1-32-14-20(13-29-32)17-2-3-19-12-28-24(30-21(19)10-17)31-23(34)18-4-7-27-22(11-18)33-8-5-25(6-9-33)15-26-16-25/h2-4,7,10-14,26H,5-6,8-9,15-16H2,1H3,(H,28,30,31,34). The molecule has 0 aliphatic carbocycles. The van der Waals surface area contributed by atoms with Gasteiger partial charge in [0.15, 0.2) is 0 Å². The van der Waals surface area contributed by atoms with E-state index in [-0.39, 0.29) is 11.9 Å². The highest BCUT2D eigenvalue weighted by Gasteiger charge is 2.39. The summed E-state index contributed by atoms with van der Waals surface area (Å²) in [7, 11) is 1.89. The minimum atomic E-state index is -0.247. The van der Waals surface area contributed by atoms with Gasteiger partial charge in [0.1, 0.15) is 5.82 Å². The molecule has 5 heterocycles. The van der Waals surface area contributed by atoms with Crippen LogP contribution >= 0.6 is 0 Å². The number of hydrogen-bond acceptors (Lipinski definition) is 7. The molecule has 2 N–H and O–H groups in total. The van der Waals surface area contributed by atoms with E-state index in [1.165, 1.54) is 0 Å². The van der Waals surface area contributed by atoms with Crippen molar-refractivity contribution in [3.05, 3.63) is 60.7 Å². The number of carbonyl (C=O) groups excluding carboxylic acids is 1. The van der Waals surface area contributed by atoms with Gasteiger partial charge in [-0.2, -0.15) is 5.10 Å². The molecule has 2 aliphatic rings. The molecule has 1 aromatic carbocycles. The van der Waals surface area contributed by atoms with Crippen molar-refractivity contribution in [3.8, 4) is 11.1 Å². The van der Waals surface area contributed by atoms with Crippen molar-refractivity contribution in [2.75, 3.05) is 36.4 Å². The second kappa shape index (κ2) is 8.18. The van der Waals surface area contributed by atoms with E-state index in [1.54, 1.807) is 23.1 Å². The first kappa shape index (κ1) is 20.7. The van der Waals surface area contributed by atoms with Crippen LogP contribution in [0.1, 0.15) is 23.2 Å². The molecule has 6 rings (SSSR count). The number of fused-ring (bicyclic) bond motifs is 1. The Hall–Kier alpha value is -3.85. The molecule has 0 bridgehead atoms. The second-order valence-electron chi connectivity index (χ2n) is 9.32. The largest absolute Gasteiger partial charge is 0.357 e. The lowest BCUT2D eigenvalue weighted by molar-refractivity contribution is 0.102.